The Morgan fingerprint density at radius 3 is 2.28 bits per heavy atom. The molecule has 0 heterocycles. The molecule has 0 saturated heterocycles. The molecular weight excluding hydrogens is 366 g/mol. The Labute approximate surface area is 169 Å². The lowest BCUT2D eigenvalue weighted by molar-refractivity contribution is -0.141. The molecule has 0 fully saturated rings. The second-order valence-corrected chi connectivity index (χ2v) is 7.11. The molecule has 0 spiro atoms. The molecule has 5 heteroatoms. The number of rotatable bonds is 8. The number of benzene rings is 3. The van der Waals surface area contributed by atoms with Crippen LogP contribution in [-0.4, -0.2) is 28.8 Å². The zero-order chi connectivity index (χ0) is 20.8. The predicted octanol–water partition coefficient (Wildman–Crippen LogP) is 3.86. The van der Waals surface area contributed by atoms with Gasteiger partial charge in [0.2, 0.25) is 5.91 Å². The predicted molar refractivity (Wildman–Crippen MR) is 112 cm³/mol. The Bertz CT molecular complexity index is 1020. The molecule has 2 atom stereocenters. The van der Waals surface area contributed by atoms with Crippen LogP contribution in [0.5, 0.6) is 0 Å². The first-order valence-electron chi connectivity index (χ1n) is 9.54. The van der Waals surface area contributed by atoms with Crippen LogP contribution in [0.15, 0.2) is 72.8 Å². The summed E-state index contributed by atoms with van der Waals surface area (Å²) in [6.45, 7) is 1.41. The molecule has 0 bridgehead atoms. The number of Topliss-reactive ketones (excluding diaryl/α,β-unsaturated/α-hetero) is 1. The van der Waals surface area contributed by atoms with Crippen LogP contribution in [0.1, 0.15) is 29.3 Å². The monoisotopic (exact) mass is 389 g/mol. The van der Waals surface area contributed by atoms with E-state index in [-0.39, 0.29) is 12.2 Å². The van der Waals surface area contributed by atoms with Gasteiger partial charge in [-0.1, -0.05) is 72.8 Å². The molecule has 0 aliphatic rings. The number of hydrogen-bond donors (Lipinski definition) is 2. The van der Waals surface area contributed by atoms with Crippen LogP contribution < -0.4 is 5.32 Å². The molecule has 29 heavy (non-hydrogen) atoms. The van der Waals surface area contributed by atoms with Crippen molar-refractivity contribution in [3.8, 4) is 0 Å². The number of amides is 1. The van der Waals surface area contributed by atoms with Crippen LogP contribution in [0.2, 0.25) is 0 Å². The summed E-state index contributed by atoms with van der Waals surface area (Å²) in [7, 11) is 0. The normalized spacial score (nSPS) is 12.9. The summed E-state index contributed by atoms with van der Waals surface area (Å²) in [6.07, 6.45) is 0.358. The van der Waals surface area contributed by atoms with Gasteiger partial charge in [-0.05, 0) is 29.7 Å². The molecule has 148 valence electrons. The number of carbonyl (C=O) groups is 3. The number of carboxylic acid groups (broad SMARTS) is 1. The van der Waals surface area contributed by atoms with Crippen molar-refractivity contribution in [3.05, 3.63) is 83.9 Å². The average molecular weight is 389 g/mol. The minimum absolute atomic E-state index is 0.00107. The van der Waals surface area contributed by atoms with Crippen molar-refractivity contribution in [1.29, 1.82) is 0 Å². The number of aliphatic carboxylic acids is 1. The van der Waals surface area contributed by atoms with Crippen LogP contribution >= 0.6 is 0 Å². The van der Waals surface area contributed by atoms with E-state index in [4.69, 9.17) is 5.11 Å². The maximum Gasteiger partial charge on any atom is 0.325 e. The molecule has 0 aliphatic carbocycles. The van der Waals surface area contributed by atoms with Gasteiger partial charge in [0.05, 0.1) is 0 Å². The van der Waals surface area contributed by atoms with Crippen LogP contribution in [0.4, 0.5) is 0 Å². The summed E-state index contributed by atoms with van der Waals surface area (Å²) in [5.74, 6) is -2.35. The molecule has 1 amide bonds. The van der Waals surface area contributed by atoms with E-state index in [9.17, 15) is 14.4 Å². The van der Waals surface area contributed by atoms with Gasteiger partial charge < -0.3 is 10.4 Å². The molecule has 5 nitrogen and oxygen atoms in total. The summed E-state index contributed by atoms with van der Waals surface area (Å²) in [6, 6.07) is 21.5. The molecule has 3 aromatic rings. The minimum atomic E-state index is -1.11. The van der Waals surface area contributed by atoms with E-state index in [1.807, 2.05) is 66.7 Å². The van der Waals surface area contributed by atoms with Gasteiger partial charge in [0, 0.05) is 17.9 Å². The zero-order valence-electron chi connectivity index (χ0n) is 16.2. The number of carboxylic acids is 1. The Kier molecular flexibility index (Phi) is 6.39. The molecule has 0 saturated carbocycles. The summed E-state index contributed by atoms with van der Waals surface area (Å²) >= 11 is 0. The van der Waals surface area contributed by atoms with E-state index in [2.05, 4.69) is 5.32 Å². The highest BCUT2D eigenvalue weighted by molar-refractivity contribution is 6.09. The van der Waals surface area contributed by atoms with E-state index >= 15 is 0 Å². The van der Waals surface area contributed by atoms with Crippen LogP contribution in [0.3, 0.4) is 0 Å². The maximum absolute atomic E-state index is 13.1. The molecule has 2 N–H and O–H groups in total. The highest BCUT2D eigenvalue weighted by atomic mass is 16.4. The van der Waals surface area contributed by atoms with Gasteiger partial charge in [-0.3, -0.25) is 14.4 Å². The van der Waals surface area contributed by atoms with Crippen molar-refractivity contribution in [2.45, 2.75) is 25.8 Å². The lowest BCUT2D eigenvalue weighted by Crippen LogP contribution is -2.42. The van der Waals surface area contributed by atoms with Gasteiger partial charge in [-0.15, -0.1) is 0 Å². The van der Waals surface area contributed by atoms with Gasteiger partial charge >= 0.3 is 5.97 Å². The van der Waals surface area contributed by atoms with Gasteiger partial charge in [0.25, 0.3) is 0 Å². The Morgan fingerprint density at radius 2 is 1.55 bits per heavy atom. The first-order valence-corrected chi connectivity index (χ1v) is 9.54. The molecule has 3 aromatic carbocycles. The van der Waals surface area contributed by atoms with Crippen molar-refractivity contribution in [2.24, 2.45) is 5.92 Å². The standard InChI is InChI=1S/C24H23NO4/c1-16(24(28)29)25-23(27)19(14-17-8-3-2-4-9-17)15-22(26)21-13-7-11-18-10-5-6-12-20(18)21/h2-13,16,19H,14-15H2,1H3,(H,25,27)(H,28,29)/t16-,19+/m0/s1. The van der Waals surface area contributed by atoms with Crippen molar-refractivity contribution in [1.82, 2.24) is 5.32 Å². The molecule has 0 unspecified atom stereocenters. The van der Waals surface area contributed by atoms with Crippen LogP contribution in [0.25, 0.3) is 10.8 Å². The van der Waals surface area contributed by atoms with Crippen molar-refractivity contribution >= 4 is 28.4 Å². The first kappa shape index (κ1) is 20.3. The van der Waals surface area contributed by atoms with Gasteiger partial charge in [-0.2, -0.15) is 0 Å². The third-order valence-corrected chi connectivity index (χ3v) is 4.95. The van der Waals surface area contributed by atoms with Crippen molar-refractivity contribution in [3.63, 3.8) is 0 Å². The summed E-state index contributed by atoms with van der Waals surface area (Å²) in [5, 5.41) is 13.4. The Balaban J connectivity index is 1.86. The van der Waals surface area contributed by atoms with Crippen molar-refractivity contribution in [2.75, 3.05) is 0 Å². The van der Waals surface area contributed by atoms with Crippen molar-refractivity contribution < 1.29 is 19.5 Å². The number of nitrogens with one attached hydrogen (secondary N) is 1. The van der Waals surface area contributed by atoms with Crippen LogP contribution in [-0.2, 0) is 16.0 Å². The number of fused-ring (bicyclic) bond motifs is 1. The lowest BCUT2D eigenvalue weighted by Gasteiger charge is -2.19. The fourth-order valence-corrected chi connectivity index (χ4v) is 3.35. The first-order chi connectivity index (χ1) is 14.0. The third-order valence-electron chi connectivity index (χ3n) is 4.95. The van der Waals surface area contributed by atoms with E-state index in [1.165, 1.54) is 6.92 Å². The second-order valence-electron chi connectivity index (χ2n) is 7.11. The number of ketones is 1. The molecule has 0 radical (unpaired) electrons. The third kappa shape index (κ3) is 5.08. The fraction of sp³-hybridized carbons (Fsp3) is 0.208. The molecule has 0 aromatic heterocycles. The topological polar surface area (TPSA) is 83.5 Å². The van der Waals surface area contributed by atoms with E-state index in [1.54, 1.807) is 6.07 Å². The fourth-order valence-electron chi connectivity index (χ4n) is 3.35. The summed E-state index contributed by atoms with van der Waals surface area (Å²) < 4.78 is 0. The largest absolute Gasteiger partial charge is 0.480 e. The lowest BCUT2D eigenvalue weighted by atomic mass is 9.89. The Hall–Kier alpha value is -3.47. The Morgan fingerprint density at radius 1 is 0.897 bits per heavy atom. The maximum atomic E-state index is 13.1. The SMILES string of the molecule is C[C@H](NC(=O)[C@@H](CC(=O)c1cccc2ccccc12)Cc1ccccc1)C(=O)O. The van der Waals surface area contributed by atoms with Gasteiger partial charge in [-0.25, -0.2) is 0 Å². The molecule has 3 rings (SSSR count). The number of carbonyl (C=O) groups excluding carboxylic acids is 2. The quantitative estimate of drug-likeness (QED) is 0.573. The molecular formula is C24H23NO4. The summed E-state index contributed by atoms with van der Waals surface area (Å²) in [4.78, 5) is 37.0. The molecule has 0 aliphatic heterocycles. The number of hydrogen-bond acceptors (Lipinski definition) is 3. The van der Waals surface area contributed by atoms with E-state index in [0.717, 1.165) is 16.3 Å². The minimum Gasteiger partial charge on any atom is -0.480 e. The smallest absolute Gasteiger partial charge is 0.325 e. The highest BCUT2D eigenvalue weighted by Gasteiger charge is 2.26. The zero-order valence-corrected chi connectivity index (χ0v) is 16.2. The van der Waals surface area contributed by atoms with Gasteiger partial charge in [0.15, 0.2) is 5.78 Å². The van der Waals surface area contributed by atoms with E-state index < -0.39 is 23.8 Å². The average Bonchev–Trinajstić information content (AvgIpc) is 2.73. The summed E-state index contributed by atoms with van der Waals surface area (Å²) in [5.41, 5.74) is 1.49. The van der Waals surface area contributed by atoms with Crippen LogP contribution in [0, 0.1) is 5.92 Å². The van der Waals surface area contributed by atoms with Gasteiger partial charge in [0.1, 0.15) is 6.04 Å². The highest BCUT2D eigenvalue weighted by Crippen LogP contribution is 2.23. The van der Waals surface area contributed by atoms with E-state index in [0.29, 0.717) is 12.0 Å². The second kappa shape index (κ2) is 9.15.